The van der Waals surface area contributed by atoms with Gasteiger partial charge < -0.3 is 19.1 Å². The minimum absolute atomic E-state index is 0.0906. The van der Waals surface area contributed by atoms with Gasteiger partial charge in [0.05, 0.1) is 18.7 Å². The molecule has 1 aromatic heterocycles. The number of ether oxygens (including phenoxy) is 1. The van der Waals surface area contributed by atoms with Crippen LogP contribution in [0.5, 0.6) is 5.75 Å². The first-order valence-corrected chi connectivity index (χ1v) is 10.4. The number of piperidine rings is 1. The SMILES string of the molecule is CCN(C(=O)[C@@H]1CCCN(c2nc(-c3ccc(OC)cc3)no2)C1)c1ccccc1F. The van der Waals surface area contributed by atoms with Gasteiger partial charge in [-0.05, 0) is 56.2 Å². The van der Waals surface area contributed by atoms with E-state index >= 15 is 0 Å². The van der Waals surface area contributed by atoms with Crippen LogP contribution in [0.15, 0.2) is 53.1 Å². The number of aromatic nitrogens is 2. The van der Waals surface area contributed by atoms with Gasteiger partial charge in [-0.15, -0.1) is 0 Å². The molecule has 0 radical (unpaired) electrons. The second-order valence-corrected chi connectivity index (χ2v) is 7.45. The summed E-state index contributed by atoms with van der Waals surface area (Å²) in [6, 6.07) is 14.2. The Morgan fingerprint density at radius 2 is 2.03 bits per heavy atom. The van der Waals surface area contributed by atoms with Crippen molar-refractivity contribution in [3.8, 4) is 17.1 Å². The monoisotopic (exact) mass is 424 g/mol. The fourth-order valence-electron chi connectivity index (χ4n) is 3.89. The van der Waals surface area contributed by atoms with E-state index in [-0.39, 0.29) is 11.8 Å². The van der Waals surface area contributed by atoms with Gasteiger partial charge in [0.15, 0.2) is 0 Å². The first-order valence-electron chi connectivity index (χ1n) is 10.4. The van der Waals surface area contributed by atoms with Crippen molar-refractivity contribution in [2.45, 2.75) is 19.8 Å². The highest BCUT2D eigenvalue weighted by Crippen LogP contribution is 2.28. The molecule has 31 heavy (non-hydrogen) atoms. The summed E-state index contributed by atoms with van der Waals surface area (Å²) < 4.78 is 24.9. The van der Waals surface area contributed by atoms with Crippen molar-refractivity contribution in [3.05, 3.63) is 54.3 Å². The maximum atomic E-state index is 14.3. The molecule has 0 N–H and O–H groups in total. The standard InChI is InChI=1S/C23H25FN4O3/c1-3-28(20-9-5-4-8-19(20)24)22(29)17-7-6-14-27(15-17)23-25-21(26-31-23)16-10-12-18(30-2)13-11-16/h4-5,8-13,17H,3,6-7,14-15H2,1-2H3/t17-/m1/s1. The summed E-state index contributed by atoms with van der Waals surface area (Å²) in [5.74, 6) is 0.469. The van der Waals surface area contributed by atoms with E-state index < -0.39 is 5.82 Å². The molecule has 1 saturated heterocycles. The fraction of sp³-hybridized carbons (Fsp3) is 0.348. The average Bonchev–Trinajstić information content (AvgIpc) is 3.31. The van der Waals surface area contributed by atoms with Crippen LogP contribution < -0.4 is 14.5 Å². The number of para-hydroxylation sites is 1. The third-order valence-electron chi connectivity index (χ3n) is 5.53. The van der Waals surface area contributed by atoms with Crippen molar-refractivity contribution in [3.63, 3.8) is 0 Å². The number of halogens is 1. The van der Waals surface area contributed by atoms with E-state index in [1.54, 1.807) is 25.3 Å². The van der Waals surface area contributed by atoms with Gasteiger partial charge in [-0.2, -0.15) is 4.98 Å². The Morgan fingerprint density at radius 3 is 2.74 bits per heavy atom. The number of methoxy groups -OCH3 is 1. The van der Waals surface area contributed by atoms with E-state index in [1.165, 1.54) is 11.0 Å². The Balaban J connectivity index is 1.49. The highest BCUT2D eigenvalue weighted by molar-refractivity contribution is 5.95. The van der Waals surface area contributed by atoms with E-state index in [1.807, 2.05) is 36.1 Å². The zero-order chi connectivity index (χ0) is 21.8. The van der Waals surface area contributed by atoms with Gasteiger partial charge in [0.1, 0.15) is 11.6 Å². The van der Waals surface area contributed by atoms with Crippen LogP contribution in [-0.2, 0) is 4.79 Å². The first kappa shape index (κ1) is 20.8. The lowest BCUT2D eigenvalue weighted by Crippen LogP contribution is -2.45. The second kappa shape index (κ2) is 9.16. The summed E-state index contributed by atoms with van der Waals surface area (Å²) in [6.07, 6.45) is 1.55. The summed E-state index contributed by atoms with van der Waals surface area (Å²) in [4.78, 5) is 21.2. The van der Waals surface area contributed by atoms with Crippen molar-refractivity contribution in [1.29, 1.82) is 0 Å². The highest BCUT2D eigenvalue weighted by atomic mass is 19.1. The molecule has 0 bridgehead atoms. The molecule has 1 aliphatic heterocycles. The molecule has 1 aliphatic rings. The molecule has 8 heteroatoms. The number of carbonyl (C=O) groups excluding carboxylic acids is 1. The lowest BCUT2D eigenvalue weighted by molar-refractivity contribution is -0.122. The van der Waals surface area contributed by atoms with Gasteiger partial charge in [0, 0.05) is 25.2 Å². The van der Waals surface area contributed by atoms with Crippen LogP contribution in [0.1, 0.15) is 19.8 Å². The minimum Gasteiger partial charge on any atom is -0.497 e. The van der Waals surface area contributed by atoms with Crippen molar-refractivity contribution in [1.82, 2.24) is 10.1 Å². The molecule has 1 atom stereocenters. The molecule has 3 aromatic rings. The topological polar surface area (TPSA) is 71.7 Å². The van der Waals surface area contributed by atoms with Crippen LogP contribution in [0.4, 0.5) is 16.1 Å². The summed E-state index contributed by atoms with van der Waals surface area (Å²) in [5, 5.41) is 4.08. The average molecular weight is 424 g/mol. The molecular weight excluding hydrogens is 399 g/mol. The molecule has 0 aliphatic carbocycles. The van der Waals surface area contributed by atoms with Crippen molar-refractivity contribution >= 4 is 17.6 Å². The van der Waals surface area contributed by atoms with Gasteiger partial charge in [0.2, 0.25) is 11.7 Å². The normalized spacial score (nSPS) is 16.2. The molecule has 7 nitrogen and oxygen atoms in total. The first-order chi connectivity index (χ1) is 15.1. The van der Waals surface area contributed by atoms with Crippen LogP contribution in [0.3, 0.4) is 0 Å². The number of rotatable bonds is 6. The van der Waals surface area contributed by atoms with Crippen LogP contribution in [0, 0.1) is 11.7 Å². The molecule has 2 aromatic carbocycles. The van der Waals surface area contributed by atoms with E-state index in [0.29, 0.717) is 30.6 Å². The summed E-state index contributed by atoms with van der Waals surface area (Å²) in [6.45, 7) is 3.43. The lowest BCUT2D eigenvalue weighted by Gasteiger charge is -2.33. The molecule has 0 saturated carbocycles. The predicted octanol–water partition coefficient (Wildman–Crippen LogP) is 4.15. The van der Waals surface area contributed by atoms with Gasteiger partial charge in [-0.1, -0.05) is 17.3 Å². The van der Waals surface area contributed by atoms with Crippen LogP contribution in [0.2, 0.25) is 0 Å². The Labute approximate surface area is 180 Å². The van der Waals surface area contributed by atoms with Crippen LogP contribution in [-0.4, -0.2) is 42.8 Å². The maximum Gasteiger partial charge on any atom is 0.324 e. The molecule has 162 valence electrons. The van der Waals surface area contributed by atoms with E-state index in [4.69, 9.17) is 9.26 Å². The third-order valence-corrected chi connectivity index (χ3v) is 5.53. The van der Waals surface area contributed by atoms with Crippen molar-refractivity contribution in [2.75, 3.05) is 36.5 Å². The van der Waals surface area contributed by atoms with Gasteiger partial charge >= 0.3 is 6.01 Å². The summed E-state index contributed by atoms with van der Waals surface area (Å²) >= 11 is 0. The number of nitrogens with zero attached hydrogens (tertiary/aromatic N) is 4. The maximum absolute atomic E-state index is 14.3. The second-order valence-electron chi connectivity index (χ2n) is 7.45. The predicted molar refractivity (Wildman–Crippen MR) is 116 cm³/mol. The molecular formula is C23H25FN4O3. The Morgan fingerprint density at radius 1 is 1.26 bits per heavy atom. The van der Waals surface area contributed by atoms with Crippen LogP contribution >= 0.6 is 0 Å². The van der Waals surface area contributed by atoms with Gasteiger partial charge in [-0.25, -0.2) is 4.39 Å². The molecule has 2 heterocycles. The molecule has 0 spiro atoms. The third kappa shape index (κ3) is 4.38. The number of hydrogen-bond acceptors (Lipinski definition) is 6. The minimum atomic E-state index is -0.397. The number of carbonyl (C=O) groups is 1. The van der Waals surface area contributed by atoms with Crippen molar-refractivity contribution < 1.29 is 18.4 Å². The Kier molecular flexibility index (Phi) is 6.16. The highest BCUT2D eigenvalue weighted by Gasteiger charge is 2.32. The number of amides is 1. The van der Waals surface area contributed by atoms with Crippen molar-refractivity contribution in [2.24, 2.45) is 5.92 Å². The Hall–Kier alpha value is -3.42. The number of hydrogen-bond donors (Lipinski definition) is 0. The fourth-order valence-corrected chi connectivity index (χ4v) is 3.89. The largest absolute Gasteiger partial charge is 0.497 e. The van der Waals surface area contributed by atoms with E-state index in [2.05, 4.69) is 10.1 Å². The molecule has 1 fully saturated rings. The quantitative estimate of drug-likeness (QED) is 0.592. The number of anilines is 2. The zero-order valence-electron chi connectivity index (χ0n) is 17.6. The van der Waals surface area contributed by atoms with Crippen LogP contribution in [0.25, 0.3) is 11.4 Å². The van der Waals surface area contributed by atoms with E-state index in [9.17, 15) is 9.18 Å². The zero-order valence-corrected chi connectivity index (χ0v) is 17.6. The smallest absolute Gasteiger partial charge is 0.324 e. The Bertz CT molecular complexity index is 1040. The summed E-state index contributed by atoms with van der Waals surface area (Å²) in [7, 11) is 1.61. The van der Waals surface area contributed by atoms with Gasteiger partial charge in [0.25, 0.3) is 0 Å². The lowest BCUT2D eigenvalue weighted by atomic mass is 9.96. The molecule has 0 unspecified atom stereocenters. The molecule has 4 rings (SSSR count). The molecule has 1 amide bonds. The number of benzene rings is 2. The van der Waals surface area contributed by atoms with Gasteiger partial charge in [-0.3, -0.25) is 4.79 Å². The van der Waals surface area contributed by atoms with E-state index in [0.717, 1.165) is 30.7 Å². The summed E-state index contributed by atoms with van der Waals surface area (Å²) in [5.41, 5.74) is 1.13.